The molecule has 1 heterocycles. The number of hydrogen-bond donors (Lipinski definition) is 4. The van der Waals surface area contributed by atoms with Gasteiger partial charge in [-0.15, -0.1) is 0 Å². The van der Waals surface area contributed by atoms with Crippen molar-refractivity contribution in [1.82, 2.24) is 10.2 Å². The number of rotatable bonds is 6. The maximum absolute atomic E-state index is 12.5. The second-order valence-corrected chi connectivity index (χ2v) is 7.76. The Kier molecular flexibility index (Phi) is 10.3. The summed E-state index contributed by atoms with van der Waals surface area (Å²) in [7, 11) is 0. The number of halogens is 1. The number of carboxylic acid groups (broad SMARTS) is 2. The summed E-state index contributed by atoms with van der Waals surface area (Å²) in [4.78, 5) is 44.6. The minimum Gasteiger partial charge on any atom is -0.473 e. The van der Waals surface area contributed by atoms with E-state index >= 15 is 0 Å². The van der Waals surface area contributed by atoms with Gasteiger partial charge in [-0.05, 0) is 61.2 Å². The van der Waals surface area contributed by atoms with Crippen LogP contribution in [0.1, 0.15) is 35.2 Å². The molecule has 4 N–H and O–H groups in total. The summed E-state index contributed by atoms with van der Waals surface area (Å²) in [5.74, 6) is -3.71. The van der Waals surface area contributed by atoms with Crippen molar-refractivity contribution >= 4 is 41.0 Å². The molecule has 1 saturated heterocycles. The van der Waals surface area contributed by atoms with Gasteiger partial charge in [0.15, 0.2) is 0 Å². The average molecular weight is 476 g/mol. The van der Waals surface area contributed by atoms with Gasteiger partial charge < -0.3 is 25.7 Å². The topological polar surface area (TPSA) is 136 Å². The maximum Gasteiger partial charge on any atom is 0.414 e. The summed E-state index contributed by atoms with van der Waals surface area (Å²) < 4.78 is 0. The predicted molar refractivity (Wildman–Crippen MR) is 123 cm³/mol. The number of likely N-dealkylation sites (tertiary alicyclic amines) is 1. The first-order valence-corrected chi connectivity index (χ1v) is 10.7. The lowest BCUT2D eigenvalue weighted by atomic mass is 10.1. The Morgan fingerprint density at radius 2 is 1.42 bits per heavy atom. The minimum atomic E-state index is -1.82. The molecule has 9 nitrogen and oxygen atoms in total. The number of anilines is 1. The van der Waals surface area contributed by atoms with Gasteiger partial charge in [-0.25, -0.2) is 9.59 Å². The van der Waals surface area contributed by atoms with Crippen molar-refractivity contribution in [3.63, 3.8) is 0 Å². The zero-order chi connectivity index (χ0) is 24.2. The Balaban J connectivity index is 0.000000569. The van der Waals surface area contributed by atoms with Crippen LogP contribution in [0.5, 0.6) is 0 Å². The molecule has 0 saturated carbocycles. The van der Waals surface area contributed by atoms with E-state index in [1.165, 1.54) is 6.42 Å². The summed E-state index contributed by atoms with van der Waals surface area (Å²) in [6, 6.07) is 14.6. The Hall–Kier alpha value is -3.43. The summed E-state index contributed by atoms with van der Waals surface area (Å²) in [5.41, 5.74) is 2.41. The number of carbonyl (C=O) groups excluding carboxylic acids is 2. The van der Waals surface area contributed by atoms with E-state index in [1.54, 1.807) is 24.3 Å². The molecule has 176 valence electrons. The molecule has 1 aliphatic heterocycles. The smallest absolute Gasteiger partial charge is 0.414 e. The highest BCUT2D eigenvalue weighted by Crippen LogP contribution is 2.15. The lowest BCUT2D eigenvalue weighted by Gasteiger charge is -2.26. The second-order valence-electron chi connectivity index (χ2n) is 7.32. The summed E-state index contributed by atoms with van der Waals surface area (Å²) in [5, 5.41) is 21.4. The predicted octanol–water partition coefficient (Wildman–Crippen LogP) is 2.85. The molecule has 2 aromatic rings. The SMILES string of the molecule is O=C(CNCc1ccc(Cl)cc1)Nc1ccc(C(=O)N2CCCCC2)cc1.O=C(O)C(=O)O. The van der Waals surface area contributed by atoms with E-state index in [2.05, 4.69) is 10.6 Å². The maximum atomic E-state index is 12.5. The number of amides is 2. The summed E-state index contributed by atoms with van der Waals surface area (Å²) in [6.07, 6.45) is 3.34. The number of nitrogens with zero attached hydrogens (tertiary/aromatic N) is 1. The quantitative estimate of drug-likeness (QED) is 0.471. The first-order chi connectivity index (χ1) is 15.8. The van der Waals surface area contributed by atoms with Crippen LogP contribution in [-0.2, 0) is 20.9 Å². The molecule has 1 fully saturated rings. The minimum absolute atomic E-state index is 0.0669. The largest absolute Gasteiger partial charge is 0.473 e. The van der Waals surface area contributed by atoms with Crippen LogP contribution < -0.4 is 10.6 Å². The van der Waals surface area contributed by atoms with Crippen LogP contribution in [-0.4, -0.2) is 58.5 Å². The third kappa shape index (κ3) is 9.30. The molecule has 2 aromatic carbocycles. The summed E-state index contributed by atoms with van der Waals surface area (Å²) in [6.45, 7) is 2.46. The van der Waals surface area contributed by atoms with E-state index in [4.69, 9.17) is 31.4 Å². The van der Waals surface area contributed by atoms with Gasteiger partial charge in [-0.2, -0.15) is 0 Å². The van der Waals surface area contributed by atoms with E-state index in [0.717, 1.165) is 31.5 Å². The van der Waals surface area contributed by atoms with Crippen molar-refractivity contribution < 1.29 is 29.4 Å². The number of carboxylic acids is 2. The van der Waals surface area contributed by atoms with Crippen molar-refractivity contribution in [3.05, 3.63) is 64.7 Å². The molecule has 1 aliphatic rings. The van der Waals surface area contributed by atoms with Crippen LogP contribution >= 0.6 is 11.6 Å². The van der Waals surface area contributed by atoms with Gasteiger partial charge in [0.2, 0.25) is 5.91 Å². The monoisotopic (exact) mass is 475 g/mol. The summed E-state index contributed by atoms with van der Waals surface area (Å²) >= 11 is 5.85. The highest BCUT2D eigenvalue weighted by atomic mass is 35.5. The zero-order valence-corrected chi connectivity index (χ0v) is 18.7. The third-order valence-electron chi connectivity index (χ3n) is 4.77. The highest BCUT2D eigenvalue weighted by Gasteiger charge is 2.18. The molecule has 10 heteroatoms. The fourth-order valence-corrected chi connectivity index (χ4v) is 3.23. The van der Waals surface area contributed by atoms with E-state index in [0.29, 0.717) is 22.8 Å². The van der Waals surface area contributed by atoms with Crippen molar-refractivity contribution in [1.29, 1.82) is 0 Å². The van der Waals surface area contributed by atoms with Gasteiger partial charge in [0.25, 0.3) is 5.91 Å². The van der Waals surface area contributed by atoms with Crippen LogP contribution in [0.4, 0.5) is 5.69 Å². The van der Waals surface area contributed by atoms with Gasteiger partial charge in [0, 0.05) is 35.9 Å². The molecule has 0 atom stereocenters. The molecular weight excluding hydrogens is 450 g/mol. The van der Waals surface area contributed by atoms with E-state index < -0.39 is 11.9 Å². The number of piperidine rings is 1. The molecule has 0 aromatic heterocycles. The standard InChI is InChI=1S/C21H24ClN3O2.C2H2O4/c22-18-8-4-16(5-9-18)14-23-15-20(26)24-19-10-6-17(7-11-19)21(27)25-12-2-1-3-13-25;3-1(4)2(5)6/h4-11,23H,1-3,12-15H2,(H,24,26);(H,3,4)(H,5,6). The average Bonchev–Trinajstić information content (AvgIpc) is 2.81. The number of benzene rings is 2. The third-order valence-corrected chi connectivity index (χ3v) is 5.02. The van der Waals surface area contributed by atoms with Crippen molar-refractivity contribution in [2.24, 2.45) is 0 Å². The number of hydrogen-bond acceptors (Lipinski definition) is 5. The zero-order valence-electron chi connectivity index (χ0n) is 17.9. The van der Waals surface area contributed by atoms with Gasteiger partial charge >= 0.3 is 11.9 Å². The fourth-order valence-electron chi connectivity index (χ4n) is 3.10. The Morgan fingerprint density at radius 3 is 1.97 bits per heavy atom. The molecule has 0 bridgehead atoms. The van der Waals surface area contributed by atoms with E-state index in [1.807, 2.05) is 29.2 Å². The van der Waals surface area contributed by atoms with Crippen molar-refractivity contribution in [3.8, 4) is 0 Å². The van der Waals surface area contributed by atoms with Crippen molar-refractivity contribution in [2.75, 3.05) is 25.0 Å². The molecule has 3 rings (SSSR count). The Bertz CT molecular complexity index is 945. The van der Waals surface area contributed by atoms with E-state index in [9.17, 15) is 9.59 Å². The molecular formula is C23H26ClN3O6. The highest BCUT2D eigenvalue weighted by molar-refractivity contribution is 6.30. The molecule has 2 amide bonds. The van der Waals surface area contributed by atoms with Gasteiger partial charge in [0.1, 0.15) is 0 Å². The van der Waals surface area contributed by atoms with Gasteiger partial charge in [-0.1, -0.05) is 23.7 Å². The normalized spacial score (nSPS) is 12.8. The first-order valence-electron chi connectivity index (χ1n) is 10.4. The first kappa shape index (κ1) is 25.8. The number of aliphatic carboxylic acids is 2. The lowest BCUT2D eigenvalue weighted by molar-refractivity contribution is -0.159. The Labute approximate surface area is 196 Å². The molecule has 0 aliphatic carbocycles. The number of carbonyl (C=O) groups is 4. The van der Waals surface area contributed by atoms with Gasteiger partial charge in [0.05, 0.1) is 6.54 Å². The Morgan fingerprint density at radius 1 is 0.848 bits per heavy atom. The second kappa shape index (κ2) is 13.2. The fraction of sp³-hybridized carbons (Fsp3) is 0.304. The van der Waals surface area contributed by atoms with Crippen molar-refractivity contribution in [2.45, 2.75) is 25.8 Å². The lowest BCUT2D eigenvalue weighted by Crippen LogP contribution is -2.35. The molecule has 0 radical (unpaired) electrons. The van der Waals surface area contributed by atoms with Crippen LogP contribution in [0.25, 0.3) is 0 Å². The van der Waals surface area contributed by atoms with Crippen LogP contribution in [0, 0.1) is 0 Å². The van der Waals surface area contributed by atoms with Crippen LogP contribution in [0.2, 0.25) is 5.02 Å². The van der Waals surface area contributed by atoms with Crippen LogP contribution in [0.15, 0.2) is 48.5 Å². The molecule has 0 spiro atoms. The number of nitrogens with one attached hydrogen (secondary N) is 2. The molecule has 0 unspecified atom stereocenters. The van der Waals surface area contributed by atoms with Gasteiger partial charge in [-0.3, -0.25) is 9.59 Å². The van der Waals surface area contributed by atoms with E-state index in [-0.39, 0.29) is 18.4 Å². The van der Waals surface area contributed by atoms with Crippen LogP contribution in [0.3, 0.4) is 0 Å². The molecule has 33 heavy (non-hydrogen) atoms.